The molecule has 2 aliphatic rings. The van der Waals surface area contributed by atoms with Crippen molar-refractivity contribution in [3.05, 3.63) is 0 Å². The Morgan fingerprint density at radius 1 is 1.43 bits per heavy atom. The van der Waals surface area contributed by atoms with Gasteiger partial charge in [0.25, 0.3) is 0 Å². The normalized spacial score (nSPS) is 42.4. The van der Waals surface area contributed by atoms with E-state index in [9.17, 15) is 0 Å². The molecule has 0 radical (unpaired) electrons. The summed E-state index contributed by atoms with van der Waals surface area (Å²) in [4.78, 5) is 0. The highest BCUT2D eigenvalue weighted by Gasteiger charge is 2.41. The highest BCUT2D eigenvalue weighted by Crippen LogP contribution is 2.50. The molecular formula is C12H21ClO. The molecule has 2 saturated carbocycles. The molecule has 82 valence electrons. The Hall–Kier alpha value is 0.250. The third-order valence-electron chi connectivity index (χ3n) is 4.04. The van der Waals surface area contributed by atoms with Crippen molar-refractivity contribution >= 4 is 11.6 Å². The summed E-state index contributed by atoms with van der Waals surface area (Å²) < 4.78 is 5.46. The van der Waals surface area contributed by atoms with Crippen LogP contribution >= 0.6 is 11.6 Å². The molecule has 0 N–H and O–H groups in total. The smallest absolute Gasteiger partial charge is 0.120 e. The average molecular weight is 217 g/mol. The van der Waals surface area contributed by atoms with E-state index in [1.54, 1.807) is 0 Å². The van der Waals surface area contributed by atoms with E-state index in [1.165, 1.54) is 38.5 Å². The van der Waals surface area contributed by atoms with Gasteiger partial charge >= 0.3 is 0 Å². The van der Waals surface area contributed by atoms with Crippen LogP contribution in [0.15, 0.2) is 0 Å². The molecule has 3 atom stereocenters. The number of hydrogen-bond donors (Lipinski definition) is 0. The lowest BCUT2D eigenvalue weighted by Crippen LogP contribution is -2.39. The molecule has 2 aliphatic carbocycles. The van der Waals surface area contributed by atoms with Gasteiger partial charge in [0.2, 0.25) is 0 Å². The first-order valence-electron chi connectivity index (χ1n) is 5.88. The van der Waals surface area contributed by atoms with E-state index in [0.29, 0.717) is 11.5 Å². The van der Waals surface area contributed by atoms with Gasteiger partial charge in [-0.2, -0.15) is 0 Å². The highest BCUT2D eigenvalue weighted by molar-refractivity contribution is 6.17. The lowest BCUT2D eigenvalue weighted by molar-refractivity contribution is -0.0249. The lowest BCUT2D eigenvalue weighted by Gasteiger charge is -2.47. The molecule has 0 aromatic heterocycles. The van der Waals surface area contributed by atoms with Crippen LogP contribution in [-0.4, -0.2) is 12.7 Å². The zero-order valence-corrected chi connectivity index (χ0v) is 9.85. The molecule has 2 bridgehead atoms. The van der Waals surface area contributed by atoms with Crippen LogP contribution < -0.4 is 0 Å². The average Bonchev–Trinajstić information content (AvgIpc) is 2.14. The number of ether oxygens (including phenoxy) is 1. The van der Waals surface area contributed by atoms with Gasteiger partial charge in [-0.05, 0) is 42.9 Å². The minimum Gasteiger partial charge on any atom is -0.365 e. The van der Waals surface area contributed by atoms with Gasteiger partial charge < -0.3 is 4.74 Å². The molecule has 2 heteroatoms. The van der Waals surface area contributed by atoms with Crippen molar-refractivity contribution in [3.63, 3.8) is 0 Å². The monoisotopic (exact) mass is 216 g/mol. The van der Waals surface area contributed by atoms with Crippen LogP contribution in [0.25, 0.3) is 0 Å². The van der Waals surface area contributed by atoms with Crippen LogP contribution in [-0.2, 0) is 4.74 Å². The summed E-state index contributed by atoms with van der Waals surface area (Å²) >= 11 is 5.61. The maximum absolute atomic E-state index is 5.61. The van der Waals surface area contributed by atoms with Crippen molar-refractivity contribution in [3.8, 4) is 0 Å². The highest BCUT2D eigenvalue weighted by atomic mass is 35.5. The largest absolute Gasteiger partial charge is 0.365 e. The Kier molecular flexibility index (Phi) is 3.38. The number of fused-ring (bicyclic) bond motifs is 2. The Morgan fingerprint density at radius 2 is 2.29 bits per heavy atom. The molecule has 0 heterocycles. The summed E-state index contributed by atoms with van der Waals surface area (Å²) in [6.07, 6.45) is 8.43. The minimum atomic E-state index is 0.362. The van der Waals surface area contributed by atoms with E-state index in [-0.39, 0.29) is 0 Å². The summed E-state index contributed by atoms with van der Waals surface area (Å²) in [6, 6.07) is 0.362. The summed E-state index contributed by atoms with van der Waals surface area (Å²) in [5.41, 5.74) is 0.496. The predicted octanol–water partition coefficient (Wildman–Crippen LogP) is 3.81. The molecular weight excluding hydrogens is 196 g/mol. The van der Waals surface area contributed by atoms with Crippen molar-refractivity contribution in [2.24, 2.45) is 17.3 Å². The number of halogens is 1. The Balaban J connectivity index is 1.99. The third-order valence-corrected chi connectivity index (χ3v) is 4.20. The molecule has 2 fully saturated rings. The van der Waals surface area contributed by atoms with Gasteiger partial charge in [0.05, 0.1) is 6.61 Å². The summed E-state index contributed by atoms with van der Waals surface area (Å²) in [7, 11) is 0. The summed E-state index contributed by atoms with van der Waals surface area (Å²) in [6.45, 7) is 3.30. The first-order valence-corrected chi connectivity index (χ1v) is 6.41. The summed E-state index contributed by atoms with van der Waals surface area (Å²) in [5, 5.41) is 0. The maximum Gasteiger partial charge on any atom is 0.120 e. The molecule has 1 nitrogen and oxygen atoms in total. The molecule has 0 saturated heterocycles. The zero-order valence-electron chi connectivity index (χ0n) is 9.10. The molecule has 0 aromatic rings. The van der Waals surface area contributed by atoms with E-state index in [4.69, 9.17) is 16.3 Å². The second-order valence-electron chi connectivity index (χ2n) is 5.46. The van der Waals surface area contributed by atoms with Gasteiger partial charge in [0.15, 0.2) is 0 Å². The molecule has 0 amide bonds. The standard InChI is InChI=1S/C12H21ClO/c1-10-5-11-3-2-4-12(6-10,7-11)8-14-9-13/h10-11H,2-9H2,1H3. The molecule has 0 spiro atoms. The van der Waals surface area contributed by atoms with Crippen molar-refractivity contribution in [1.82, 2.24) is 0 Å². The fraction of sp³-hybridized carbons (Fsp3) is 1.00. The first-order chi connectivity index (χ1) is 6.74. The molecule has 2 rings (SSSR count). The Morgan fingerprint density at radius 3 is 3.07 bits per heavy atom. The fourth-order valence-corrected chi connectivity index (χ4v) is 3.88. The van der Waals surface area contributed by atoms with E-state index in [1.807, 2.05) is 0 Å². The predicted molar refractivity (Wildman–Crippen MR) is 59.5 cm³/mol. The molecule has 0 aliphatic heterocycles. The van der Waals surface area contributed by atoms with Crippen LogP contribution in [0.2, 0.25) is 0 Å². The van der Waals surface area contributed by atoms with Gasteiger partial charge in [0, 0.05) is 0 Å². The van der Waals surface area contributed by atoms with Gasteiger partial charge in [-0.15, -0.1) is 0 Å². The van der Waals surface area contributed by atoms with Crippen LogP contribution in [0, 0.1) is 17.3 Å². The van der Waals surface area contributed by atoms with Crippen molar-refractivity contribution in [2.75, 3.05) is 12.7 Å². The lowest BCUT2D eigenvalue weighted by atomic mass is 9.59. The van der Waals surface area contributed by atoms with Crippen LogP contribution in [0.4, 0.5) is 0 Å². The molecule has 3 unspecified atom stereocenters. The Bertz CT molecular complexity index is 191. The van der Waals surface area contributed by atoms with Gasteiger partial charge in [-0.1, -0.05) is 31.4 Å². The van der Waals surface area contributed by atoms with Crippen LogP contribution in [0.5, 0.6) is 0 Å². The van der Waals surface area contributed by atoms with Gasteiger partial charge in [0.1, 0.15) is 6.07 Å². The minimum absolute atomic E-state index is 0.362. The van der Waals surface area contributed by atoms with E-state index < -0.39 is 0 Å². The number of hydrogen-bond acceptors (Lipinski definition) is 1. The molecule has 14 heavy (non-hydrogen) atoms. The van der Waals surface area contributed by atoms with Crippen LogP contribution in [0.1, 0.15) is 45.4 Å². The Labute approximate surface area is 92.2 Å². The number of alkyl halides is 1. The van der Waals surface area contributed by atoms with Crippen molar-refractivity contribution in [1.29, 1.82) is 0 Å². The van der Waals surface area contributed by atoms with Crippen LogP contribution in [0.3, 0.4) is 0 Å². The SMILES string of the molecule is CC1CC2CCCC(COCCl)(C1)C2. The fourth-order valence-electron chi connectivity index (χ4n) is 3.81. The second-order valence-corrected chi connectivity index (χ2v) is 5.68. The molecule has 0 aromatic carbocycles. The quantitative estimate of drug-likeness (QED) is 0.652. The van der Waals surface area contributed by atoms with Gasteiger partial charge in [-0.3, -0.25) is 0 Å². The first kappa shape index (κ1) is 10.8. The zero-order chi connectivity index (χ0) is 10.0. The second kappa shape index (κ2) is 4.40. The van der Waals surface area contributed by atoms with Gasteiger partial charge in [-0.25, -0.2) is 0 Å². The third kappa shape index (κ3) is 2.25. The van der Waals surface area contributed by atoms with E-state index >= 15 is 0 Å². The van der Waals surface area contributed by atoms with E-state index in [2.05, 4.69) is 6.92 Å². The summed E-state index contributed by atoms with van der Waals surface area (Å²) in [5.74, 6) is 1.87. The van der Waals surface area contributed by atoms with Crippen molar-refractivity contribution < 1.29 is 4.74 Å². The van der Waals surface area contributed by atoms with E-state index in [0.717, 1.165) is 18.4 Å². The van der Waals surface area contributed by atoms with Crippen molar-refractivity contribution in [2.45, 2.75) is 45.4 Å². The maximum atomic E-state index is 5.61. The topological polar surface area (TPSA) is 9.23 Å². The number of rotatable bonds is 3.